The SMILES string of the molecule is Cn1cc(C(=O)NNC(=O)c2nn(-c3ccccc3)c3c2CCC3)c2ccccc21. The number of aromatic nitrogens is 3. The van der Waals surface area contributed by atoms with Crippen LogP contribution >= 0.6 is 0 Å². The van der Waals surface area contributed by atoms with E-state index in [0.29, 0.717) is 11.3 Å². The third-order valence-corrected chi connectivity index (χ3v) is 5.58. The van der Waals surface area contributed by atoms with Gasteiger partial charge >= 0.3 is 0 Å². The lowest BCUT2D eigenvalue weighted by Gasteiger charge is -2.06. The van der Waals surface area contributed by atoms with E-state index in [1.54, 1.807) is 6.20 Å². The zero-order valence-corrected chi connectivity index (χ0v) is 16.6. The first-order chi connectivity index (χ1) is 14.6. The van der Waals surface area contributed by atoms with Crippen molar-refractivity contribution >= 4 is 22.7 Å². The van der Waals surface area contributed by atoms with Crippen molar-refractivity contribution in [3.63, 3.8) is 0 Å². The van der Waals surface area contributed by atoms with Crippen LogP contribution in [-0.4, -0.2) is 26.2 Å². The molecule has 2 aromatic carbocycles. The summed E-state index contributed by atoms with van der Waals surface area (Å²) in [6.07, 6.45) is 4.44. The molecule has 2 N–H and O–H groups in total. The Morgan fingerprint density at radius 1 is 0.933 bits per heavy atom. The Morgan fingerprint density at radius 3 is 2.50 bits per heavy atom. The molecule has 0 fully saturated rings. The largest absolute Gasteiger partial charge is 0.350 e. The Bertz CT molecular complexity index is 1270. The minimum Gasteiger partial charge on any atom is -0.350 e. The van der Waals surface area contributed by atoms with Gasteiger partial charge in [0.05, 0.1) is 11.3 Å². The number of fused-ring (bicyclic) bond motifs is 2. The number of para-hydroxylation sites is 2. The molecule has 0 saturated heterocycles. The zero-order valence-electron chi connectivity index (χ0n) is 16.6. The molecular formula is C23H21N5O2. The van der Waals surface area contributed by atoms with Crippen LogP contribution in [0.4, 0.5) is 0 Å². The minimum absolute atomic E-state index is 0.362. The summed E-state index contributed by atoms with van der Waals surface area (Å²) in [6, 6.07) is 17.4. The summed E-state index contributed by atoms with van der Waals surface area (Å²) in [5.41, 5.74) is 9.85. The van der Waals surface area contributed by atoms with Gasteiger partial charge in [0.1, 0.15) is 0 Å². The number of hydrazine groups is 1. The van der Waals surface area contributed by atoms with E-state index in [2.05, 4.69) is 16.0 Å². The number of carbonyl (C=O) groups excluding carboxylic acids is 2. The molecule has 2 amide bonds. The summed E-state index contributed by atoms with van der Waals surface area (Å²) in [6.45, 7) is 0. The third kappa shape index (κ3) is 2.95. The van der Waals surface area contributed by atoms with Crippen LogP contribution in [0.1, 0.15) is 38.5 Å². The van der Waals surface area contributed by atoms with Crippen molar-refractivity contribution < 1.29 is 9.59 Å². The van der Waals surface area contributed by atoms with Crippen LogP contribution < -0.4 is 10.9 Å². The van der Waals surface area contributed by atoms with Crippen molar-refractivity contribution in [2.45, 2.75) is 19.3 Å². The highest BCUT2D eigenvalue weighted by Gasteiger charge is 2.27. The second-order valence-corrected chi connectivity index (χ2v) is 7.45. The standard InChI is InChI=1S/C23H21N5O2/c1-27-14-18(16-10-5-6-12-19(16)27)22(29)24-25-23(30)21-17-11-7-13-20(17)28(26-21)15-8-3-2-4-9-15/h2-6,8-10,12,14H,7,11,13H2,1H3,(H,24,29)(H,25,30). The number of hydrogen-bond donors (Lipinski definition) is 2. The topological polar surface area (TPSA) is 81.0 Å². The average molecular weight is 399 g/mol. The molecule has 0 aliphatic heterocycles. The van der Waals surface area contributed by atoms with Crippen molar-refractivity contribution in [2.24, 2.45) is 7.05 Å². The third-order valence-electron chi connectivity index (χ3n) is 5.58. The first-order valence-electron chi connectivity index (χ1n) is 9.94. The smallest absolute Gasteiger partial charge is 0.290 e. The Morgan fingerprint density at radius 2 is 1.67 bits per heavy atom. The lowest BCUT2D eigenvalue weighted by atomic mass is 10.2. The fourth-order valence-corrected chi connectivity index (χ4v) is 4.17. The van der Waals surface area contributed by atoms with E-state index >= 15 is 0 Å². The van der Waals surface area contributed by atoms with E-state index in [4.69, 9.17) is 0 Å². The second-order valence-electron chi connectivity index (χ2n) is 7.45. The molecule has 1 aliphatic carbocycles. The van der Waals surface area contributed by atoms with Crippen molar-refractivity contribution in [2.75, 3.05) is 0 Å². The summed E-state index contributed by atoms with van der Waals surface area (Å²) in [4.78, 5) is 25.6. The van der Waals surface area contributed by atoms with Gasteiger partial charge in [-0.05, 0) is 37.5 Å². The Hall–Kier alpha value is -3.87. The first kappa shape index (κ1) is 18.2. The Kier molecular flexibility index (Phi) is 4.35. The molecule has 0 bridgehead atoms. The summed E-state index contributed by atoms with van der Waals surface area (Å²) in [5, 5.41) is 5.39. The summed E-state index contributed by atoms with van der Waals surface area (Å²) < 4.78 is 3.73. The van der Waals surface area contributed by atoms with Gasteiger partial charge in [-0.25, -0.2) is 4.68 Å². The molecule has 5 rings (SSSR count). The van der Waals surface area contributed by atoms with Crippen LogP contribution in [-0.2, 0) is 19.9 Å². The fraction of sp³-hybridized carbons (Fsp3) is 0.174. The Balaban J connectivity index is 1.38. The number of rotatable bonds is 3. The number of amides is 2. The predicted octanol–water partition coefficient (Wildman–Crippen LogP) is 2.93. The quantitative estimate of drug-likeness (QED) is 0.520. The van der Waals surface area contributed by atoms with Gasteiger partial charge in [0.15, 0.2) is 5.69 Å². The van der Waals surface area contributed by atoms with Gasteiger partial charge in [0.2, 0.25) is 0 Å². The molecule has 0 radical (unpaired) electrons. The number of carbonyl (C=O) groups is 2. The number of nitrogens with zero attached hydrogens (tertiary/aromatic N) is 3. The normalized spacial score (nSPS) is 12.7. The van der Waals surface area contributed by atoms with Crippen molar-refractivity contribution in [3.8, 4) is 5.69 Å². The van der Waals surface area contributed by atoms with Crippen molar-refractivity contribution in [1.29, 1.82) is 0 Å². The average Bonchev–Trinajstić information content (AvgIpc) is 3.47. The number of benzene rings is 2. The molecule has 4 aromatic rings. The Labute approximate surface area is 173 Å². The molecular weight excluding hydrogens is 378 g/mol. The highest BCUT2D eigenvalue weighted by atomic mass is 16.2. The predicted molar refractivity (Wildman–Crippen MR) is 113 cm³/mol. The number of aryl methyl sites for hydroxylation is 1. The van der Waals surface area contributed by atoms with Crippen LogP contribution in [0.5, 0.6) is 0 Å². The van der Waals surface area contributed by atoms with Crippen molar-refractivity contribution in [1.82, 2.24) is 25.2 Å². The molecule has 2 heterocycles. The molecule has 30 heavy (non-hydrogen) atoms. The van der Waals surface area contributed by atoms with E-state index in [9.17, 15) is 9.59 Å². The first-order valence-corrected chi connectivity index (χ1v) is 9.94. The van der Waals surface area contributed by atoms with Crippen LogP contribution in [0, 0.1) is 0 Å². The van der Waals surface area contributed by atoms with E-state index in [1.165, 1.54) is 0 Å². The zero-order chi connectivity index (χ0) is 20.7. The second kappa shape index (κ2) is 7.18. The maximum atomic E-state index is 12.8. The molecule has 1 aliphatic rings. The fourth-order valence-electron chi connectivity index (χ4n) is 4.17. The monoisotopic (exact) mass is 399 g/mol. The van der Waals surface area contributed by atoms with E-state index in [-0.39, 0.29) is 5.91 Å². The molecule has 7 heteroatoms. The van der Waals surface area contributed by atoms with Gasteiger partial charge in [-0.1, -0.05) is 36.4 Å². The molecule has 150 valence electrons. The van der Waals surface area contributed by atoms with Gasteiger partial charge in [0, 0.05) is 35.4 Å². The van der Waals surface area contributed by atoms with Crippen LogP contribution in [0.3, 0.4) is 0 Å². The highest BCUT2D eigenvalue weighted by Crippen LogP contribution is 2.27. The van der Waals surface area contributed by atoms with Gasteiger partial charge < -0.3 is 4.57 Å². The molecule has 0 atom stereocenters. The van der Waals surface area contributed by atoms with Crippen LogP contribution in [0.15, 0.2) is 60.8 Å². The van der Waals surface area contributed by atoms with Crippen LogP contribution in [0.25, 0.3) is 16.6 Å². The molecule has 0 unspecified atom stereocenters. The number of hydrogen-bond acceptors (Lipinski definition) is 3. The molecule has 0 saturated carbocycles. The molecule has 0 spiro atoms. The van der Waals surface area contributed by atoms with Gasteiger partial charge in [-0.2, -0.15) is 5.10 Å². The van der Waals surface area contributed by atoms with Gasteiger partial charge in [-0.3, -0.25) is 20.4 Å². The van der Waals surface area contributed by atoms with Gasteiger partial charge in [-0.15, -0.1) is 0 Å². The number of nitrogens with one attached hydrogen (secondary N) is 2. The minimum atomic E-state index is -0.406. The van der Waals surface area contributed by atoms with Crippen LogP contribution in [0.2, 0.25) is 0 Å². The van der Waals surface area contributed by atoms with E-state index < -0.39 is 5.91 Å². The molecule has 7 nitrogen and oxygen atoms in total. The molecule has 2 aromatic heterocycles. The highest BCUT2D eigenvalue weighted by molar-refractivity contribution is 6.08. The maximum absolute atomic E-state index is 12.8. The van der Waals surface area contributed by atoms with Gasteiger partial charge in [0.25, 0.3) is 11.8 Å². The maximum Gasteiger partial charge on any atom is 0.290 e. The van der Waals surface area contributed by atoms with E-state index in [1.807, 2.05) is 70.9 Å². The summed E-state index contributed by atoms with van der Waals surface area (Å²) >= 11 is 0. The summed E-state index contributed by atoms with van der Waals surface area (Å²) in [7, 11) is 1.89. The lowest BCUT2D eigenvalue weighted by molar-refractivity contribution is 0.0844. The summed E-state index contributed by atoms with van der Waals surface area (Å²) in [5.74, 6) is -0.768. The lowest BCUT2D eigenvalue weighted by Crippen LogP contribution is -2.42. The van der Waals surface area contributed by atoms with Crippen molar-refractivity contribution in [3.05, 3.63) is 83.3 Å². The van der Waals surface area contributed by atoms with E-state index in [0.717, 1.165) is 47.1 Å².